The van der Waals surface area contributed by atoms with E-state index in [0.717, 1.165) is 22.3 Å². The number of aromatic nitrogens is 2. The lowest BCUT2D eigenvalue weighted by molar-refractivity contribution is -0.663. The van der Waals surface area contributed by atoms with Crippen molar-refractivity contribution in [3.63, 3.8) is 0 Å². The van der Waals surface area contributed by atoms with Crippen molar-refractivity contribution in [2.45, 2.75) is 38.9 Å². The average molecular weight is 663 g/mol. The summed E-state index contributed by atoms with van der Waals surface area (Å²) in [5, 5.41) is 7.86. The number of alkyl halides is 6. The number of ether oxygens (including phenoxy) is 2. The summed E-state index contributed by atoms with van der Waals surface area (Å²) >= 11 is 0. The molecule has 4 aromatic carbocycles. The Morgan fingerprint density at radius 1 is 0.500 bits per heavy atom. The summed E-state index contributed by atoms with van der Waals surface area (Å²) < 4.78 is 91.1. The van der Waals surface area contributed by atoms with E-state index in [0.29, 0.717) is 59.4 Å². The van der Waals surface area contributed by atoms with Crippen LogP contribution in [0, 0.1) is 0 Å². The Morgan fingerprint density at radius 2 is 0.938 bits per heavy atom. The number of pyridine rings is 2. The minimum absolute atomic E-state index is 0.313. The van der Waals surface area contributed by atoms with Gasteiger partial charge in [-0.2, -0.15) is 9.13 Å². The molecule has 6 heterocycles. The van der Waals surface area contributed by atoms with E-state index >= 15 is 0 Å². The lowest BCUT2D eigenvalue weighted by atomic mass is 10.1. The molecule has 8 bridgehead atoms. The Kier molecular flexibility index (Phi) is 7.94. The van der Waals surface area contributed by atoms with E-state index in [1.54, 1.807) is 12.1 Å². The number of halogens is 6. The third-order valence-electron chi connectivity index (χ3n) is 8.13. The zero-order valence-corrected chi connectivity index (χ0v) is 25.2. The van der Waals surface area contributed by atoms with Crippen molar-refractivity contribution in [2.24, 2.45) is 0 Å². The van der Waals surface area contributed by atoms with Crippen molar-refractivity contribution in [3.05, 3.63) is 132 Å². The van der Waals surface area contributed by atoms with Crippen LogP contribution >= 0.6 is 0 Å². The van der Waals surface area contributed by atoms with Gasteiger partial charge in [-0.25, -0.2) is 0 Å². The van der Waals surface area contributed by atoms with E-state index in [4.69, 9.17) is 0 Å². The van der Waals surface area contributed by atoms with Crippen LogP contribution in [0.25, 0.3) is 21.8 Å². The zero-order valence-electron chi connectivity index (χ0n) is 25.2. The van der Waals surface area contributed by atoms with E-state index in [1.807, 2.05) is 82.2 Å². The first-order valence-corrected chi connectivity index (χ1v) is 15.0. The van der Waals surface area contributed by atoms with Crippen molar-refractivity contribution in [1.82, 2.24) is 0 Å². The molecule has 0 atom stereocenters. The van der Waals surface area contributed by atoms with Crippen LogP contribution in [0.15, 0.2) is 109 Å². The number of nitrogens with zero attached hydrogens (tertiary/aromatic N) is 2. The van der Waals surface area contributed by atoms with Crippen LogP contribution in [-0.4, -0.2) is 12.7 Å². The van der Waals surface area contributed by atoms with E-state index in [9.17, 15) is 26.3 Å². The SMILES string of the molecule is FC(F)(F)Oc1ccc2c(c1)c1cc[n+]2Cc2cccc(c2)C[n+]2ccc(c3cc(OC(F)(F)F)ccc32)NCc2ccc(cc2)CN1. The van der Waals surface area contributed by atoms with Gasteiger partial charge in [0.2, 0.25) is 11.0 Å². The number of anilines is 2. The van der Waals surface area contributed by atoms with Gasteiger partial charge >= 0.3 is 12.7 Å². The third-order valence-corrected chi connectivity index (χ3v) is 8.13. The first-order chi connectivity index (χ1) is 23.0. The van der Waals surface area contributed by atoms with Gasteiger partial charge < -0.3 is 20.1 Å². The van der Waals surface area contributed by atoms with Crippen LogP contribution in [0.2, 0.25) is 0 Å². The molecule has 0 aliphatic carbocycles. The quantitative estimate of drug-likeness (QED) is 0.146. The highest BCUT2D eigenvalue weighted by Gasteiger charge is 2.32. The molecule has 6 nitrogen and oxygen atoms in total. The molecule has 0 amide bonds. The van der Waals surface area contributed by atoms with Crippen LogP contribution in [0.4, 0.5) is 37.7 Å². The summed E-state index contributed by atoms with van der Waals surface area (Å²) in [5.74, 6) is -0.625. The summed E-state index contributed by atoms with van der Waals surface area (Å²) in [6.45, 7) is 1.67. The molecular formula is C36H28F6N4O2+2. The molecule has 0 fully saturated rings. The van der Waals surface area contributed by atoms with E-state index in [2.05, 4.69) is 20.1 Å². The monoisotopic (exact) mass is 662 g/mol. The Labute approximate surface area is 270 Å². The smallest absolute Gasteiger partial charge is 0.406 e. The van der Waals surface area contributed by atoms with E-state index in [1.165, 1.54) is 24.3 Å². The maximum atomic E-state index is 13.1. The van der Waals surface area contributed by atoms with Gasteiger partial charge in [-0.05, 0) is 41.5 Å². The van der Waals surface area contributed by atoms with Gasteiger partial charge in [0.1, 0.15) is 11.5 Å². The summed E-state index contributed by atoms with van der Waals surface area (Å²) in [6.07, 6.45) is -5.87. The van der Waals surface area contributed by atoms with E-state index in [-0.39, 0.29) is 11.5 Å². The molecule has 0 saturated heterocycles. The fourth-order valence-corrected chi connectivity index (χ4v) is 6.00. The number of benzene rings is 4. The molecule has 0 unspecified atom stereocenters. The third kappa shape index (κ3) is 7.07. The molecule has 12 heteroatoms. The normalized spacial score (nSPS) is 13.6. The first kappa shape index (κ1) is 31.1. The second kappa shape index (κ2) is 12.3. The molecule has 10 rings (SSSR count). The van der Waals surface area contributed by atoms with Crippen LogP contribution < -0.4 is 29.2 Å². The molecule has 4 aliphatic rings. The highest BCUT2D eigenvalue weighted by atomic mass is 19.4. The van der Waals surface area contributed by atoms with Gasteiger partial charge in [0.05, 0.1) is 22.1 Å². The first-order valence-electron chi connectivity index (χ1n) is 15.0. The van der Waals surface area contributed by atoms with Crippen molar-refractivity contribution >= 4 is 33.2 Å². The largest absolute Gasteiger partial charge is 0.573 e. The minimum Gasteiger partial charge on any atom is -0.406 e. The predicted octanol–water partition coefficient (Wildman–Crippen LogP) is 8.00. The summed E-state index contributed by atoms with van der Waals surface area (Å²) in [6, 6.07) is 27.9. The predicted molar refractivity (Wildman–Crippen MR) is 167 cm³/mol. The maximum absolute atomic E-state index is 13.1. The van der Waals surface area contributed by atoms with Gasteiger partial charge in [0, 0.05) is 48.5 Å². The van der Waals surface area contributed by atoms with Crippen molar-refractivity contribution in [3.8, 4) is 11.5 Å². The number of hydrogen-bond donors (Lipinski definition) is 2. The molecule has 2 aromatic heterocycles. The summed E-state index contributed by atoms with van der Waals surface area (Å²) in [4.78, 5) is 0. The molecule has 0 radical (unpaired) electrons. The van der Waals surface area contributed by atoms with Gasteiger partial charge in [-0.1, -0.05) is 42.5 Å². The summed E-state index contributed by atoms with van der Waals surface area (Å²) in [5.41, 5.74) is 6.49. The molecule has 48 heavy (non-hydrogen) atoms. The van der Waals surface area contributed by atoms with Crippen molar-refractivity contribution < 1.29 is 45.0 Å². The van der Waals surface area contributed by atoms with Gasteiger partial charge in [0.15, 0.2) is 25.5 Å². The Balaban J connectivity index is 1.33. The Bertz CT molecular complexity index is 1980. The maximum Gasteiger partial charge on any atom is 0.573 e. The lowest BCUT2D eigenvalue weighted by Crippen LogP contribution is -2.36. The molecule has 4 aliphatic heterocycles. The molecular weight excluding hydrogens is 634 g/mol. The highest BCUT2D eigenvalue weighted by molar-refractivity contribution is 5.91. The Hall–Kier alpha value is -5.52. The highest BCUT2D eigenvalue weighted by Crippen LogP contribution is 2.31. The molecule has 6 aromatic rings. The molecule has 2 N–H and O–H groups in total. The second-order valence-corrected chi connectivity index (χ2v) is 11.5. The average Bonchev–Trinajstić information content (AvgIpc) is 3.03. The van der Waals surface area contributed by atoms with Crippen LogP contribution in [0.1, 0.15) is 22.3 Å². The second-order valence-electron chi connectivity index (χ2n) is 11.5. The Morgan fingerprint density at radius 3 is 1.35 bits per heavy atom. The zero-order chi connectivity index (χ0) is 33.5. The van der Waals surface area contributed by atoms with Crippen LogP contribution in [0.5, 0.6) is 11.5 Å². The molecule has 0 saturated carbocycles. The van der Waals surface area contributed by atoms with Crippen LogP contribution in [0.3, 0.4) is 0 Å². The fourth-order valence-electron chi connectivity index (χ4n) is 6.00. The van der Waals surface area contributed by atoms with Gasteiger partial charge in [0.25, 0.3) is 0 Å². The van der Waals surface area contributed by atoms with E-state index < -0.39 is 12.7 Å². The lowest BCUT2D eigenvalue weighted by Gasteiger charge is -2.13. The molecule has 0 spiro atoms. The van der Waals surface area contributed by atoms with Gasteiger partial charge in [-0.15, -0.1) is 26.3 Å². The van der Waals surface area contributed by atoms with Crippen molar-refractivity contribution in [1.29, 1.82) is 0 Å². The van der Waals surface area contributed by atoms with Crippen molar-refractivity contribution in [2.75, 3.05) is 10.6 Å². The standard InChI is InChI=1S/C36H26F6N4O2/c37-35(38,39)47-27-8-10-33-29(17-27)31-12-14-45(33)21-25-2-1-3-26(16-25)22-46-15-13-32(44-20-24-6-4-23(5-7-24)19-43-31)30-18-28(9-11-34(30)46)48-36(40,41)42/h1-18H,19-22H2/p+2. The number of fused-ring (bicyclic) bond motifs is 1. The molecule has 244 valence electrons. The number of rotatable bonds is 2. The topological polar surface area (TPSA) is 50.3 Å². The minimum atomic E-state index is -4.83. The number of nitrogens with one attached hydrogen (secondary N) is 2. The fraction of sp³-hybridized carbons (Fsp3) is 0.167. The van der Waals surface area contributed by atoms with Gasteiger partial charge in [-0.3, -0.25) is 0 Å². The summed E-state index contributed by atoms with van der Waals surface area (Å²) in [7, 11) is 0. The van der Waals surface area contributed by atoms with Crippen LogP contribution in [-0.2, 0) is 26.2 Å². The number of hydrogen-bond acceptors (Lipinski definition) is 4.